The third-order valence-electron chi connectivity index (χ3n) is 3.02. The predicted octanol–water partition coefficient (Wildman–Crippen LogP) is 3.23. The Morgan fingerprint density at radius 1 is 1.05 bits per heavy atom. The number of nitrogen functional groups attached to an aromatic ring is 1. The average molecular weight is 278 g/mol. The molecule has 0 fully saturated rings. The first-order valence-corrected chi connectivity index (χ1v) is 5.72. The van der Waals surface area contributed by atoms with Gasteiger partial charge in [0.05, 0.1) is 10.9 Å². The molecule has 102 valence electrons. The molecule has 3 N–H and O–H groups in total. The van der Waals surface area contributed by atoms with Crippen LogP contribution in [0, 0.1) is 0 Å². The van der Waals surface area contributed by atoms with E-state index in [1.165, 1.54) is 18.5 Å². The van der Waals surface area contributed by atoms with Crippen molar-refractivity contribution < 1.29 is 13.2 Å². The summed E-state index contributed by atoms with van der Waals surface area (Å²) in [6, 6.07) is 4.87. The third kappa shape index (κ3) is 1.97. The number of aromatic nitrogens is 3. The molecule has 2 aromatic heterocycles. The van der Waals surface area contributed by atoms with E-state index in [1.54, 1.807) is 6.20 Å². The van der Waals surface area contributed by atoms with Gasteiger partial charge in [-0.2, -0.15) is 13.2 Å². The molecule has 1 aromatic carbocycles. The Morgan fingerprint density at radius 2 is 1.75 bits per heavy atom. The average Bonchev–Trinajstić information content (AvgIpc) is 2.83. The Balaban J connectivity index is 2.12. The smallest absolute Gasteiger partial charge is 0.383 e. The molecule has 4 nitrogen and oxygen atoms in total. The van der Waals surface area contributed by atoms with Crippen LogP contribution < -0.4 is 5.73 Å². The first-order chi connectivity index (χ1) is 9.47. The Bertz CT molecular complexity index is 759. The van der Waals surface area contributed by atoms with Gasteiger partial charge in [0.2, 0.25) is 0 Å². The topological polar surface area (TPSA) is 67.6 Å². The molecule has 3 aromatic rings. The highest BCUT2D eigenvalue weighted by atomic mass is 19.4. The lowest BCUT2D eigenvalue weighted by atomic mass is 10.0. The van der Waals surface area contributed by atoms with E-state index in [9.17, 15) is 13.2 Å². The largest absolute Gasteiger partial charge is 0.416 e. The molecule has 0 aliphatic carbocycles. The monoisotopic (exact) mass is 278 g/mol. The number of fused-ring (bicyclic) bond motifs is 1. The fourth-order valence-corrected chi connectivity index (χ4v) is 2.05. The summed E-state index contributed by atoms with van der Waals surface area (Å²) >= 11 is 0. The number of rotatable bonds is 1. The van der Waals surface area contributed by atoms with E-state index in [4.69, 9.17) is 5.73 Å². The zero-order chi connectivity index (χ0) is 14.3. The number of benzene rings is 1. The number of anilines is 1. The summed E-state index contributed by atoms with van der Waals surface area (Å²) in [6.07, 6.45) is -1.37. The van der Waals surface area contributed by atoms with E-state index < -0.39 is 11.7 Å². The lowest BCUT2D eigenvalue weighted by Gasteiger charge is -2.07. The van der Waals surface area contributed by atoms with E-state index in [0.29, 0.717) is 22.2 Å². The van der Waals surface area contributed by atoms with Crippen molar-refractivity contribution in [1.82, 2.24) is 15.0 Å². The third-order valence-corrected chi connectivity index (χ3v) is 3.02. The fraction of sp³-hybridized carbons (Fsp3) is 0.0769. The molecular formula is C13H9F3N4. The molecule has 3 rings (SSSR count). The van der Waals surface area contributed by atoms with Crippen LogP contribution in [0.3, 0.4) is 0 Å². The summed E-state index contributed by atoms with van der Waals surface area (Å²) < 4.78 is 37.6. The Kier molecular flexibility index (Phi) is 2.63. The number of halogens is 3. The summed E-state index contributed by atoms with van der Waals surface area (Å²) in [5.41, 5.74) is 6.94. The van der Waals surface area contributed by atoms with Crippen molar-refractivity contribution in [1.29, 1.82) is 0 Å². The van der Waals surface area contributed by atoms with E-state index in [-0.39, 0.29) is 5.82 Å². The molecule has 2 heterocycles. The van der Waals surface area contributed by atoms with Crippen LogP contribution in [-0.2, 0) is 6.18 Å². The minimum absolute atomic E-state index is 0.283. The normalized spacial score (nSPS) is 11.9. The maximum absolute atomic E-state index is 12.5. The Morgan fingerprint density at radius 3 is 2.40 bits per heavy atom. The van der Waals surface area contributed by atoms with Gasteiger partial charge in [-0.15, -0.1) is 0 Å². The maximum Gasteiger partial charge on any atom is 0.416 e. The number of hydrogen-bond donors (Lipinski definition) is 2. The van der Waals surface area contributed by atoms with Gasteiger partial charge < -0.3 is 10.7 Å². The van der Waals surface area contributed by atoms with Crippen LogP contribution in [0.15, 0.2) is 36.8 Å². The quantitative estimate of drug-likeness (QED) is 0.718. The highest BCUT2D eigenvalue weighted by Crippen LogP contribution is 2.34. The number of hydrogen-bond acceptors (Lipinski definition) is 3. The second-order valence-corrected chi connectivity index (χ2v) is 4.26. The lowest BCUT2D eigenvalue weighted by molar-refractivity contribution is -0.137. The first kappa shape index (κ1) is 12.5. The molecule has 0 unspecified atom stereocenters. The number of alkyl halides is 3. The van der Waals surface area contributed by atoms with Gasteiger partial charge in [0.1, 0.15) is 17.8 Å². The number of aromatic amines is 1. The predicted molar refractivity (Wildman–Crippen MR) is 68.7 cm³/mol. The lowest BCUT2D eigenvalue weighted by Crippen LogP contribution is -2.03. The van der Waals surface area contributed by atoms with Crippen LogP contribution in [0.25, 0.3) is 22.2 Å². The van der Waals surface area contributed by atoms with Crippen molar-refractivity contribution in [2.24, 2.45) is 0 Å². The van der Waals surface area contributed by atoms with E-state index in [1.807, 2.05) is 0 Å². The maximum atomic E-state index is 12.5. The van der Waals surface area contributed by atoms with Crippen LogP contribution in [0.2, 0.25) is 0 Å². The van der Waals surface area contributed by atoms with Crippen LogP contribution in [0.4, 0.5) is 19.0 Å². The molecule has 0 saturated carbocycles. The van der Waals surface area contributed by atoms with E-state index in [2.05, 4.69) is 15.0 Å². The van der Waals surface area contributed by atoms with Crippen molar-refractivity contribution in [3.63, 3.8) is 0 Å². The standard InChI is InChI=1S/C13H9F3N4/c14-13(15,16)8-3-1-7(2-4-8)9-5-18-12-10(9)11(17)19-6-20-12/h1-6H,(H3,17,18,19,20). The van der Waals surface area contributed by atoms with Crippen molar-refractivity contribution in [3.05, 3.63) is 42.4 Å². The Hall–Kier alpha value is -2.57. The van der Waals surface area contributed by atoms with E-state index >= 15 is 0 Å². The van der Waals surface area contributed by atoms with Crippen molar-refractivity contribution in [2.75, 3.05) is 5.73 Å². The van der Waals surface area contributed by atoms with Gasteiger partial charge in [-0.25, -0.2) is 9.97 Å². The van der Waals surface area contributed by atoms with Crippen LogP contribution >= 0.6 is 0 Å². The highest BCUT2D eigenvalue weighted by Gasteiger charge is 2.30. The molecule has 0 saturated heterocycles. The van der Waals surface area contributed by atoms with Crippen LogP contribution in [0.1, 0.15) is 5.56 Å². The zero-order valence-electron chi connectivity index (χ0n) is 10.1. The SMILES string of the molecule is Nc1ncnc2[nH]cc(-c3ccc(C(F)(F)F)cc3)c12. The fourth-order valence-electron chi connectivity index (χ4n) is 2.05. The first-order valence-electron chi connectivity index (χ1n) is 5.72. The number of H-pyrrole nitrogens is 1. The highest BCUT2D eigenvalue weighted by molar-refractivity contribution is 6.00. The van der Waals surface area contributed by atoms with Gasteiger partial charge in [-0.05, 0) is 17.7 Å². The summed E-state index contributed by atoms with van der Waals surface area (Å²) in [5.74, 6) is 0.283. The summed E-state index contributed by atoms with van der Waals surface area (Å²) in [6.45, 7) is 0. The molecule has 0 radical (unpaired) electrons. The van der Waals surface area contributed by atoms with Gasteiger partial charge in [0.25, 0.3) is 0 Å². The van der Waals surface area contributed by atoms with Gasteiger partial charge in [-0.3, -0.25) is 0 Å². The summed E-state index contributed by atoms with van der Waals surface area (Å²) in [7, 11) is 0. The van der Waals surface area contributed by atoms with Crippen LogP contribution in [-0.4, -0.2) is 15.0 Å². The summed E-state index contributed by atoms with van der Waals surface area (Å²) in [5, 5.41) is 0.604. The zero-order valence-corrected chi connectivity index (χ0v) is 10.1. The Labute approximate surface area is 111 Å². The molecular weight excluding hydrogens is 269 g/mol. The second kappa shape index (κ2) is 4.22. The van der Waals surface area contributed by atoms with Gasteiger partial charge in [0.15, 0.2) is 0 Å². The van der Waals surface area contributed by atoms with Crippen LogP contribution in [0.5, 0.6) is 0 Å². The van der Waals surface area contributed by atoms with E-state index in [0.717, 1.165) is 12.1 Å². The molecule has 0 aliphatic heterocycles. The molecule has 0 spiro atoms. The van der Waals surface area contributed by atoms with Crippen molar-refractivity contribution in [2.45, 2.75) is 6.18 Å². The molecule has 0 amide bonds. The molecule has 7 heteroatoms. The molecule has 20 heavy (non-hydrogen) atoms. The minimum atomic E-state index is -4.35. The second-order valence-electron chi connectivity index (χ2n) is 4.26. The van der Waals surface area contributed by atoms with Gasteiger partial charge >= 0.3 is 6.18 Å². The molecule has 0 aliphatic rings. The minimum Gasteiger partial charge on any atom is -0.383 e. The number of nitrogens with zero attached hydrogens (tertiary/aromatic N) is 2. The van der Waals surface area contributed by atoms with Gasteiger partial charge in [0, 0.05) is 11.8 Å². The van der Waals surface area contributed by atoms with Crippen molar-refractivity contribution in [3.8, 4) is 11.1 Å². The van der Waals surface area contributed by atoms with Gasteiger partial charge in [-0.1, -0.05) is 12.1 Å². The number of nitrogens with one attached hydrogen (secondary N) is 1. The molecule has 0 bridgehead atoms. The number of nitrogens with two attached hydrogens (primary N) is 1. The van der Waals surface area contributed by atoms with Crippen molar-refractivity contribution >= 4 is 16.9 Å². The molecule has 0 atom stereocenters. The summed E-state index contributed by atoms with van der Waals surface area (Å²) in [4.78, 5) is 10.8.